The summed E-state index contributed by atoms with van der Waals surface area (Å²) in [4.78, 5) is 16.6. The Hall–Kier alpha value is -3.81. The van der Waals surface area contributed by atoms with Crippen LogP contribution in [-0.2, 0) is 6.54 Å². The van der Waals surface area contributed by atoms with Crippen molar-refractivity contribution >= 4 is 5.91 Å². The molecule has 0 fully saturated rings. The van der Waals surface area contributed by atoms with Crippen molar-refractivity contribution in [1.82, 2.24) is 30.3 Å². The average Bonchev–Trinajstić information content (AvgIpc) is 3.39. The Balaban J connectivity index is 1.61. The number of hydrogen-bond donors (Lipinski definition) is 1. The highest BCUT2D eigenvalue weighted by Gasteiger charge is 2.18. The zero-order valence-corrected chi connectivity index (χ0v) is 17.0. The molecule has 152 valence electrons. The van der Waals surface area contributed by atoms with Crippen LogP contribution >= 0.6 is 0 Å². The van der Waals surface area contributed by atoms with Crippen molar-refractivity contribution in [3.8, 4) is 17.3 Å². The van der Waals surface area contributed by atoms with Crippen LogP contribution < -0.4 is 5.32 Å². The van der Waals surface area contributed by atoms with E-state index in [4.69, 9.17) is 4.42 Å². The van der Waals surface area contributed by atoms with E-state index in [1.165, 1.54) is 0 Å². The Labute approximate surface area is 174 Å². The third kappa shape index (κ3) is 4.12. The normalized spacial score (nSPS) is 11.1. The average molecular weight is 402 g/mol. The topological polar surface area (TPSA) is 98.7 Å². The number of nitrogens with zero attached hydrogens (tertiary/aromatic N) is 5. The van der Waals surface area contributed by atoms with E-state index < -0.39 is 0 Å². The Morgan fingerprint density at radius 3 is 2.63 bits per heavy atom. The molecule has 0 bridgehead atoms. The van der Waals surface area contributed by atoms with E-state index in [1.54, 1.807) is 25.4 Å². The first-order valence-corrected chi connectivity index (χ1v) is 9.69. The van der Waals surface area contributed by atoms with Crippen molar-refractivity contribution in [2.75, 3.05) is 0 Å². The molecule has 1 amide bonds. The lowest BCUT2D eigenvalue weighted by atomic mass is 10.1. The van der Waals surface area contributed by atoms with Gasteiger partial charge in [-0.25, -0.2) is 4.68 Å². The molecule has 3 heterocycles. The summed E-state index contributed by atoms with van der Waals surface area (Å²) in [5.41, 5.74) is 3.92. The van der Waals surface area contributed by atoms with E-state index >= 15 is 0 Å². The number of aryl methyl sites for hydroxylation is 1. The molecular weight excluding hydrogens is 380 g/mol. The molecule has 0 aliphatic heterocycles. The van der Waals surface area contributed by atoms with E-state index in [0.29, 0.717) is 29.6 Å². The molecule has 4 aromatic rings. The number of amides is 1. The maximum atomic E-state index is 12.7. The lowest BCUT2D eigenvalue weighted by Gasteiger charge is -2.11. The quantitative estimate of drug-likeness (QED) is 0.528. The Morgan fingerprint density at radius 2 is 1.93 bits per heavy atom. The van der Waals surface area contributed by atoms with Crippen LogP contribution in [0, 0.1) is 6.92 Å². The van der Waals surface area contributed by atoms with Crippen molar-refractivity contribution in [2.45, 2.75) is 33.2 Å². The molecule has 4 rings (SSSR count). The zero-order valence-electron chi connectivity index (χ0n) is 17.0. The fraction of sp³-hybridized carbons (Fsp3) is 0.227. The monoisotopic (exact) mass is 402 g/mol. The van der Waals surface area contributed by atoms with Crippen molar-refractivity contribution in [1.29, 1.82) is 0 Å². The number of pyridine rings is 1. The van der Waals surface area contributed by atoms with Gasteiger partial charge in [-0.1, -0.05) is 19.9 Å². The molecule has 1 N–H and O–H groups in total. The second-order valence-corrected chi connectivity index (χ2v) is 7.24. The van der Waals surface area contributed by atoms with Crippen LogP contribution in [0.4, 0.5) is 0 Å². The van der Waals surface area contributed by atoms with Gasteiger partial charge in [-0.05, 0) is 47.9 Å². The first-order valence-electron chi connectivity index (χ1n) is 9.69. The predicted molar refractivity (Wildman–Crippen MR) is 111 cm³/mol. The number of aromatic nitrogens is 5. The van der Waals surface area contributed by atoms with Crippen molar-refractivity contribution < 1.29 is 9.21 Å². The molecule has 0 aliphatic rings. The molecule has 0 radical (unpaired) electrons. The number of hydrogen-bond acceptors (Lipinski definition) is 6. The van der Waals surface area contributed by atoms with Gasteiger partial charge in [0.2, 0.25) is 5.89 Å². The van der Waals surface area contributed by atoms with E-state index in [9.17, 15) is 4.79 Å². The molecule has 1 aromatic carbocycles. The second-order valence-electron chi connectivity index (χ2n) is 7.24. The van der Waals surface area contributed by atoms with Gasteiger partial charge in [-0.2, -0.15) is 5.10 Å². The van der Waals surface area contributed by atoms with Crippen LogP contribution in [0.25, 0.3) is 17.3 Å². The summed E-state index contributed by atoms with van der Waals surface area (Å²) in [6, 6.07) is 13.1. The van der Waals surface area contributed by atoms with Gasteiger partial charge in [0.1, 0.15) is 5.69 Å². The summed E-state index contributed by atoms with van der Waals surface area (Å²) < 4.78 is 7.34. The van der Waals surface area contributed by atoms with Crippen molar-refractivity contribution in [3.63, 3.8) is 0 Å². The summed E-state index contributed by atoms with van der Waals surface area (Å²) in [6.45, 7) is 6.35. The van der Waals surface area contributed by atoms with Crippen molar-refractivity contribution in [2.24, 2.45) is 0 Å². The summed E-state index contributed by atoms with van der Waals surface area (Å²) >= 11 is 0. The molecule has 0 atom stereocenters. The lowest BCUT2D eigenvalue weighted by molar-refractivity contribution is 0.0951. The van der Waals surface area contributed by atoms with E-state index in [1.807, 2.05) is 41.1 Å². The molecule has 30 heavy (non-hydrogen) atoms. The van der Waals surface area contributed by atoms with Crippen LogP contribution in [0.5, 0.6) is 0 Å². The number of rotatable bonds is 6. The van der Waals surface area contributed by atoms with Gasteiger partial charge in [0.25, 0.3) is 11.8 Å². The first-order chi connectivity index (χ1) is 14.5. The number of nitrogens with one attached hydrogen (secondary N) is 1. The molecule has 0 unspecified atom stereocenters. The van der Waals surface area contributed by atoms with Crippen LogP contribution in [0.15, 0.2) is 59.3 Å². The van der Waals surface area contributed by atoms with E-state index in [-0.39, 0.29) is 11.8 Å². The maximum Gasteiger partial charge on any atom is 0.268 e. The third-order valence-corrected chi connectivity index (χ3v) is 4.63. The van der Waals surface area contributed by atoms with Crippen LogP contribution in [0.1, 0.15) is 47.3 Å². The summed E-state index contributed by atoms with van der Waals surface area (Å²) in [6.07, 6.45) is 3.41. The lowest BCUT2D eigenvalue weighted by Crippen LogP contribution is -2.23. The SMILES string of the molecule is Cc1nnc(-c2cc(C(C)C)n(-c3cccc(C(=O)NCc4ccncc4)c3)n2)o1. The zero-order chi connectivity index (χ0) is 21.1. The highest BCUT2D eigenvalue weighted by molar-refractivity contribution is 5.94. The Morgan fingerprint density at radius 1 is 1.13 bits per heavy atom. The molecule has 0 saturated carbocycles. The molecule has 8 nitrogen and oxygen atoms in total. The van der Waals surface area contributed by atoms with Gasteiger partial charge in [0.05, 0.1) is 5.69 Å². The smallest absolute Gasteiger partial charge is 0.268 e. The Bertz CT molecular complexity index is 1160. The van der Waals surface area contributed by atoms with Gasteiger partial charge in [0.15, 0.2) is 0 Å². The summed E-state index contributed by atoms with van der Waals surface area (Å²) in [5, 5.41) is 15.5. The van der Waals surface area contributed by atoms with Gasteiger partial charge in [-0.15, -0.1) is 10.2 Å². The largest absolute Gasteiger partial charge is 0.420 e. The van der Waals surface area contributed by atoms with Crippen molar-refractivity contribution in [3.05, 3.63) is 77.6 Å². The molecule has 0 aliphatic carbocycles. The van der Waals surface area contributed by atoms with Crippen LogP contribution in [0.2, 0.25) is 0 Å². The molecular formula is C22H22N6O2. The van der Waals surface area contributed by atoms with Crippen LogP contribution in [0.3, 0.4) is 0 Å². The fourth-order valence-corrected chi connectivity index (χ4v) is 3.08. The minimum Gasteiger partial charge on any atom is -0.420 e. The third-order valence-electron chi connectivity index (χ3n) is 4.63. The maximum absolute atomic E-state index is 12.7. The number of carbonyl (C=O) groups excluding carboxylic acids is 1. The molecule has 8 heteroatoms. The number of carbonyl (C=O) groups is 1. The first kappa shape index (κ1) is 19.5. The molecule has 0 saturated heterocycles. The molecule has 3 aromatic heterocycles. The second kappa shape index (κ2) is 8.28. The standard InChI is InChI=1S/C22H22N6O2/c1-14(2)20-12-19(22-26-25-15(3)30-22)27-28(20)18-6-4-5-17(11-18)21(29)24-13-16-7-9-23-10-8-16/h4-12,14H,13H2,1-3H3,(H,24,29). The molecule has 0 spiro atoms. The van der Waals surface area contributed by atoms with Crippen LogP contribution in [-0.4, -0.2) is 30.9 Å². The Kier molecular flexibility index (Phi) is 5.38. The minimum absolute atomic E-state index is 0.153. The predicted octanol–water partition coefficient (Wildman–Crippen LogP) is 3.68. The minimum atomic E-state index is -0.153. The van der Waals surface area contributed by atoms with Gasteiger partial charge in [-0.3, -0.25) is 9.78 Å². The highest BCUT2D eigenvalue weighted by atomic mass is 16.4. The van der Waals surface area contributed by atoms with Gasteiger partial charge >= 0.3 is 0 Å². The van der Waals surface area contributed by atoms with Gasteiger partial charge in [0, 0.05) is 37.1 Å². The van der Waals surface area contributed by atoms with E-state index in [2.05, 4.69) is 39.4 Å². The summed E-state index contributed by atoms with van der Waals surface area (Å²) in [5.74, 6) is 0.914. The fourth-order valence-electron chi connectivity index (χ4n) is 3.08. The number of benzene rings is 1. The van der Waals surface area contributed by atoms with Gasteiger partial charge < -0.3 is 9.73 Å². The van der Waals surface area contributed by atoms with E-state index in [0.717, 1.165) is 16.9 Å². The highest BCUT2D eigenvalue weighted by Crippen LogP contribution is 2.26. The summed E-state index contributed by atoms with van der Waals surface area (Å²) in [7, 11) is 0.